The molecular weight excluding hydrogens is 343 g/mol. The maximum atomic E-state index is 12.1. The van der Waals surface area contributed by atoms with Crippen LogP contribution in [0.3, 0.4) is 0 Å². The van der Waals surface area contributed by atoms with Crippen LogP contribution in [0.15, 0.2) is 12.2 Å². The van der Waals surface area contributed by atoms with Gasteiger partial charge < -0.3 is 0 Å². The van der Waals surface area contributed by atoms with Crippen molar-refractivity contribution >= 4 is 0 Å². The van der Waals surface area contributed by atoms with Gasteiger partial charge in [0.2, 0.25) is 0 Å². The Morgan fingerprint density at radius 2 is 0.964 bits per heavy atom. The monoisotopic (exact) mass is 390 g/mol. The van der Waals surface area contributed by atoms with Gasteiger partial charge in [-0.25, -0.2) is 0 Å². The third-order valence-corrected chi connectivity index (χ3v) is 8.81. The van der Waals surface area contributed by atoms with Crippen LogP contribution in [0.1, 0.15) is 116 Å². The molecule has 0 spiro atoms. The Bertz CT molecular complexity index is 418. The molecule has 0 N–H and O–H groups in total. The smallest absolute Gasteiger partial charge is 0.0928 e. The van der Waals surface area contributed by atoms with Gasteiger partial charge in [0, 0.05) is 0 Å². The summed E-state index contributed by atoms with van der Waals surface area (Å²) in [5, 5.41) is 0. The van der Waals surface area contributed by atoms with Crippen molar-refractivity contribution in [2.45, 2.75) is 116 Å². The minimum absolute atomic E-state index is 0.204. The molecule has 0 atom stereocenters. The van der Waals surface area contributed by atoms with Crippen LogP contribution in [0.5, 0.6) is 0 Å². The lowest BCUT2D eigenvalue weighted by Gasteiger charge is -2.41. The summed E-state index contributed by atoms with van der Waals surface area (Å²) in [5.41, 5.74) is 0. The van der Waals surface area contributed by atoms with Crippen LogP contribution in [0.4, 0.5) is 4.39 Å². The Morgan fingerprint density at radius 1 is 0.571 bits per heavy atom. The van der Waals surface area contributed by atoms with E-state index in [2.05, 4.69) is 13.0 Å². The molecule has 0 aromatic rings. The van der Waals surface area contributed by atoms with Gasteiger partial charge in [-0.15, -0.1) is 0 Å². The molecule has 0 bridgehead atoms. The van der Waals surface area contributed by atoms with Crippen molar-refractivity contribution in [1.82, 2.24) is 0 Å². The minimum atomic E-state index is -0.204. The number of allylic oxidation sites excluding steroid dienone is 2. The van der Waals surface area contributed by atoms with Gasteiger partial charge in [-0.3, -0.25) is 4.39 Å². The lowest BCUT2D eigenvalue weighted by molar-refractivity contribution is 0.103. The topological polar surface area (TPSA) is 0 Å². The number of hydrogen-bond donors (Lipinski definition) is 0. The van der Waals surface area contributed by atoms with Crippen LogP contribution in [-0.2, 0) is 0 Å². The van der Waals surface area contributed by atoms with Gasteiger partial charge in [-0.2, -0.15) is 0 Å². The molecule has 0 nitrogen and oxygen atoms in total. The second-order valence-electron chi connectivity index (χ2n) is 10.6. The van der Waals surface area contributed by atoms with Crippen LogP contribution in [0, 0.1) is 35.5 Å². The van der Waals surface area contributed by atoms with Crippen LogP contribution in [0.2, 0.25) is 0 Å². The lowest BCUT2D eigenvalue weighted by Crippen LogP contribution is -2.29. The van der Waals surface area contributed by atoms with Gasteiger partial charge >= 0.3 is 0 Å². The maximum Gasteiger partial charge on any atom is 0.0928 e. The molecule has 0 aromatic carbocycles. The minimum Gasteiger partial charge on any atom is -0.251 e. The summed E-state index contributed by atoms with van der Waals surface area (Å²) in [7, 11) is 0. The summed E-state index contributed by atoms with van der Waals surface area (Å²) >= 11 is 0. The molecule has 3 aliphatic rings. The SMILES string of the molecule is CCCC1CCC(C2CCC(C3CCC(CCC=CCCF)CC3)CC2)CC1. The molecule has 0 aromatic heterocycles. The predicted molar refractivity (Wildman–Crippen MR) is 120 cm³/mol. The van der Waals surface area contributed by atoms with Gasteiger partial charge in [0.15, 0.2) is 0 Å². The van der Waals surface area contributed by atoms with E-state index in [-0.39, 0.29) is 6.67 Å². The molecule has 3 fully saturated rings. The average Bonchev–Trinajstić information content (AvgIpc) is 2.75. The van der Waals surface area contributed by atoms with Gasteiger partial charge in [-0.1, -0.05) is 57.6 Å². The Labute approximate surface area is 175 Å². The Morgan fingerprint density at radius 3 is 1.39 bits per heavy atom. The van der Waals surface area contributed by atoms with E-state index in [1.54, 1.807) is 38.5 Å². The van der Waals surface area contributed by atoms with Crippen molar-refractivity contribution < 1.29 is 4.39 Å². The molecule has 3 aliphatic carbocycles. The van der Waals surface area contributed by atoms with Crippen molar-refractivity contribution in [2.24, 2.45) is 35.5 Å². The van der Waals surface area contributed by atoms with E-state index >= 15 is 0 Å². The highest BCUT2D eigenvalue weighted by atomic mass is 19.1. The van der Waals surface area contributed by atoms with Crippen molar-refractivity contribution in [3.63, 3.8) is 0 Å². The van der Waals surface area contributed by atoms with E-state index in [1.165, 1.54) is 64.2 Å². The summed E-state index contributed by atoms with van der Waals surface area (Å²) in [6.07, 6.45) is 28.5. The van der Waals surface area contributed by atoms with E-state index in [0.29, 0.717) is 6.42 Å². The molecule has 0 amide bonds. The highest BCUT2D eigenvalue weighted by Crippen LogP contribution is 2.46. The molecule has 0 aliphatic heterocycles. The van der Waals surface area contributed by atoms with Gasteiger partial charge in [0.05, 0.1) is 6.67 Å². The number of hydrogen-bond acceptors (Lipinski definition) is 0. The lowest BCUT2D eigenvalue weighted by atomic mass is 9.64. The molecular formula is C27H47F. The van der Waals surface area contributed by atoms with Crippen molar-refractivity contribution in [1.29, 1.82) is 0 Å². The quantitative estimate of drug-likeness (QED) is 0.345. The summed E-state index contributed by atoms with van der Waals surface area (Å²) in [6, 6.07) is 0. The highest BCUT2D eigenvalue weighted by molar-refractivity contribution is 4.87. The third kappa shape index (κ3) is 6.88. The normalized spacial score (nSPS) is 37.4. The fraction of sp³-hybridized carbons (Fsp3) is 0.926. The Kier molecular flexibility index (Phi) is 9.89. The standard InChI is InChI=1S/C27H47F/c1-2-7-22-9-13-24(14-10-22)26-17-19-27(20-18-26)25-15-11-23(12-16-25)8-5-3-4-6-21-28/h3-4,22-27H,2,5-21H2,1H3. The van der Waals surface area contributed by atoms with E-state index in [4.69, 9.17) is 0 Å². The van der Waals surface area contributed by atoms with Gasteiger partial charge in [0.25, 0.3) is 0 Å². The van der Waals surface area contributed by atoms with Gasteiger partial charge in [-0.05, 0) is 106 Å². The van der Waals surface area contributed by atoms with E-state index in [0.717, 1.165) is 35.5 Å². The van der Waals surface area contributed by atoms with Crippen molar-refractivity contribution in [3.05, 3.63) is 12.2 Å². The zero-order valence-electron chi connectivity index (χ0n) is 18.7. The predicted octanol–water partition coefficient (Wildman–Crippen LogP) is 8.90. The molecule has 28 heavy (non-hydrogen) atoms. The molecule has 3 rings (SSSR count). The van der Waals surface area contributed by atoms with E-state index in [1.807, 2.05) is 6.08 Å². The summed E-state index contributed by atoms with van der Waals surface area (Å²) in [6.45, 7) is 2.15. The zero-order valence-corrected chi connectivity index (χ0v) is 18.7. The van der Waals surface area contributed by atoms with Gasteiger partial charge in [0.1, 0.15) is 0 Å². The molecule has 0 unspecified atom stereocenters. The molecule has 0 saturated heterocycles. The Balaban J connectivity index is 1.30. The van der Waals surface area contributed by atoms with E-state index in [9.17, 15) is 4.39 Å². The molecule has 0 heterocycles. The number of halogens is 1. The van der Waals surface area contributed by atoms with Crippen LogP contribution in [-0.4, -0.2) is 6.67 Å². The molecule has 3 saturated carbocycles. The van der Waals surface area contributed by atoms with E-state index < -0.39 is 0 Å². The van der Waals surface area contributed by atoms with Crippen LogP contribution < -0.4 is 0 Å². The molecule has 1 heteroatoms. The van der Waals surface area contributed by atoms with Crippen molar-refractivity contribution in [3.8, 4) is 0 Å². The summed E-state index contributed by atoms with van der Waals surface area (Å²) < 4.78 is 12.1. The van der Waals surface area contributed by atoms with Crippen LogP contribution >= 0.6 is 0 Å². The average molecular weight is 391 g/mol. The summed E-state index contributed by atoms with van der Waals surface area (Å²) in [4.78, 5) is 0. The first-order valence-electron chi connectivity index (χ1n) is 13.0. The fourth-order valence-corrected chi connectivity index (χ4v) is 7.02. The highest BCUT2D eigenvalue weighted by Gasteiger charge is 2.34. The fourth-order valence-electron chi connectivity index (χ4n) is 7.02. The summed E-state index contributed by atoms with van der Waals surface area (Å²) in [5.74, 6) is 6.26. The number of alkyl halides is 1. The van der Waals surface area contributed by atoms with Crippen molar-refractivity contribution in [2.75, 3.05) is 6.67 Å². The third-order valence-electron chi connectivity index (χ3n) is 8.81. The molecule has 162 valence electrons. The second kappa shape index (κ2) is 12.4. The first kappa shape index (κ1) is 22.4. The largest absolute Gasteiger partial charge is 0.251 e. The second-order valence-corrected chi connectivity index (χ2v) is 10.6. The maximum absolute atomic E-state index is 12.1. The molecule has 0 radical (unpaired) electrons. The first-order chi connectivity index (χ1) is 13.8. The Hall–Kier alpha value is -0.330. The zero-order chi connectivity index (χ0) is 19.6. The number of rotatable bonds is 9. The first-order valence-corrected chi connectivity index (χ1v) is 13.0. The van der Waals surface area contributed by atoms with Crippen LogP contribution in [0.25, 0.3) is 0 Å².